The van der Waals surface area contributed by atoms with Gasteiger partial charge in [-0.2, -0.15) is 0 Å². The van der Waals surface area contributed by atoms with Crippen molar-refractivity contribution >= 4 is 17.4 Å². The number of nitrogens with two attached hydrogens (primary N) is 2. The molecule has 0 aromatic heterocycles. The zero-order chi connectivity index (χ0) is 15.9. The van der Waals surface area contributed by atoms with Crippen molar-refractivity contribution in [1.29, 1.82) is 0 Å². The molecule has 0 heterocycles. The van der Waals surface area contributed by atoms with Crippen LogP contribution in [0.15, 0.2) is 42.0 Å². The molecular weight excluding hydrogens is 276 g/mol. The van der Waals surface area contributed by atoms with E-state index in [4.69, 9.17) is 11.5 Å². The van der Waals surface area contributed by atoms with Gasteiger partial charge >= 0.3 is 0 Å². The largest absolute Gasteiger partial charge is 0.369 e. The van der Waals surface area contributed by atoms with Crippen LogP contribution in [0.25, 0.3) is 5.57 Å². The molecule has 0 saturated heterocycles. The molecule has 0 radical (unpaired) electrons. The van der Waals surface area contributed by atoms with Crippen molar-refractivity contribution in [2.24, 2.45) is 22.8 Å². The highest BCUT2D eigenvalue weighted by Gasteiger charge is 2.49. The third kappa shape index (κ3) is 2.34. The molecule has 1 fully saturated rings. The smallest absolute Gasteiger partial charge is 0.248 e. The number of allylic oxidation sites excluding steroid dienone is 3. The molecule has 4 N–H and O–H groups in total. The third-order valence-corrected chi connectivity index (χ3v) is 4.86. The SMILES string of the molecule is CC1=C(c2ccc(C(N)=O)cc2)CC(C(N)=O)(C2CC2)C=C1. The Morgan fingerprint density at radius 3 is 2.27 bits per heavy atom. The fourth-order valence-corrected chi connectivity index (χ4v) is 3.28. The highest BCUT2D eigenvalue weighted by molar-refractivity contribution is 5.93. The molecule has 4 heteroatoms. The van der Waals surface area contributed by atoms with Crippen molar-refractivity contribution in [3.05, 3.63) is 53.1 Å². The number of carbonyl (C=O) groups is 2. The zero-order valence-electron chi connectivity index (χ0n) is 12.6. The van der Waals surface area contributed by atoms with Crippen LogP contribution in [0, 0.1) is 11.3 Å². The van der Waals surface area contributed by atoms with E-state index in [1.54, 1.807) is 12.1 Å². The summed E-state index contributed by atoms with van der Waals surface area (Å²) in [6.45, 7) is 2.03. The fourth-order valence-electron chi connectivity index (χ4n) is 3.28. The van der Waals surface area contributed by atoms with Crippen molar-refractivity contribution in [3.63, 3.8) is 0 Å². The Hall–Kier alpha value is -2.36. The van der Waals surface area contributed by atoms with Crippen LogP contribution in [0.4, 0.5) is 0 Å². The number of hydrogen-bond acceptors (Lipinski definition) is 2. The minimum atomic E-state index is -0.558. The van der Waals surface area contributed by atoms with Crippen LogP contribution in [-0.4, -0.2) is 11.8 Å². The molecule has 0 spiro atoms. The second-order valence-corrected chi connectivity index (χ2v) is 6.29. The van der Waals surface area contributed by atoms with Crippen LogP contribution >= 0.6 is 0 Å². The van der Waals surface area contributed by atoms with Gasteiger partial charge in [0.05, 0.1) is 5.41 Å². The Labute approximate surface area is 129 Å². The average molecular weight is 296 g/mol. The predicted octanol–water partition coefficient (Wildman–Crippen LogP) is 2.40. The molecule has 1 aromatic rings. The Balaban J connectivity index is 1.97. The van der Waals surface area contributed by atoms with Gasteiger partial charge in [-0.15, -0.1) is 0 Å². The van der Waals surface area contributed by atoms with Crippen molar-refractivity contribution in [3.8, 4) is 0 Å². The summed E-state index contributed by atoms with van der Waals surface area (Å²) in [6.07, 6.45) is 6.74. The molecule has 3 rings (SSSR count). The first-order valence-corrected chi connectivity index (χ1v) is 7.53. The molecule has 0 bridgehead atoms. The van der Waals surface area contributed by atoms with E-state index in [0.29, 0.717) is 17.9 Å². The molecule has 2 aliphatic carbocycles. The maximum absolute atomic E-state index is 12.1. The molecule has 2 amide bonds. The second kappa shape index (κ2) is 5.13. The van der Waals surface area contributed by atoms with Gasteiger partial charge in [0.15, 0.2) is 0 Å². The zero-order valence-corrected chi connectivity index (χ0v) is 12.6. The average Bonchev–Trinajstić information content (AvgIpc) is 3.33. The van der Waals surface area contributed by atoms with E-state index in [1.807, 2.05) is 31.2 Å². The molecule has 114 valence electrons. The molecule has 2 aliphatic rings. The highest BCUT2D eigenvalue weighted by atomic mass is 16.1. The predicted molar refractivity (Wildman–Crippen MR) is 85.7 cm³/mol. The number of hydrogen-bond donors (Lipinski definition) is 2. The number of benzene rings is 1. The second-order valence-electron chi connectivity index (χ2n) is 6.29. The normalized spacial score (nSPS) is 24.4. The fraction of sp³-hybridized carbons (Fsp3) is 0.333. The van der Waals surface area contributed by atoms with Crippen molar-refractivity contribution in [2.75, 3.05) is 0 Å². The summed E-state index contributed by atoms with van der Waals surface area (Å²) in [6, 6.07) is 7.21. The topological polar surface area (TPSA) is 86.2 Å². The first-order chi connectivity index (χ1) is 10.4. The summed E-state index contributed by atoms with van der Waals surface area (Å²) < 4.78 is 0. The first-order valence-electron chi connectivity index (χ1n) is 7.53. The van der Waals surface area contributed by atoms with Crippen LogP contribution in [0.5, 0.6) is 0 Å². The molecule has 4 nitrogen and oxygen atoms in total. The lowest BCUT2D eigenvalue weighted by Crippen LogP contribution is -2.38. The van der Waals surface area contributed by atoms with E-state index in [9.17, 15) is 9.59 Å². The van der Waals surface area contributed by atoms with Gasteiger partial charge in [0.2, 0.25) is 11.8 Å². The molecule has 1 atom stereocenters. The van der Waals surface area contributed by atoms with Gasteiger partial charge < -0.3 is 11.5 Å². The number of rotatable bonds is 4. The van der Waals surface area contributed by atoms with Gasteiger partial charge in [-0.05, 0) is 60.9 Å². The van der Waals surface area contributed by atoms with Crippen LogP contribution in [0.1, 0.15) is 42.1 Å². The summed E-state index contributed by atoms with van der Waals surface area (Å²) in [5, 5.41) is 0. The highest BCUT2D eigenvalue weighted by Crippen LogP contribution is 2.53. The van der Waals surface area contributed by atoms with E-state index in [0.717, 1.165) is 29.6 Å². The summed E-state index contributed by atoms with van der Waals surface area (Å²) in [5.74, 6) is -0.329. The van der Waals surface area contributed by atoms with Crippen molar-refractivity contribution in [2.45, 2.75) is 26.2 Å². The van der Waals surface area contributed by atoms with E-state index >= 15 is 0 Å². The maximum Gasteiger partial charge on any atom is 0.248 e. The van der Waals surface area contributed by atoms with Crippen molar-refractivity contribution < 1.29 is 9.59 Å². The summed E-state index contributed by atoms with van der Waals surface area (Å²) in [7, 11) is 0. The molecular formula is C18H20N2O2. The number of primary amides is 2. The van der Waals surface area contributed by atoms with Gasteiger partial charge in [0.25, 0.3) is 0 Å². The van der Waals surface area contributed by atoms with Gasteiger partial charge in [0.1, 0.15) is 0 Å². The van der Waals surface area contributed by atoms with E-state index < -0.39 is 11.3 Å². The van der Waals surface area contributed by atoms with Crippen LogP contribution < -0.4 is 11.5 Å². The van der Waals surface area contributed by atoms with E-state index in [2.05, 4.69) is 0 Å². The maximum atomic E-state index is 12.1. The lowest BCUT2D eigenvalue weighted by molar-refractivity contribution is -0.126. The van der Waals surface area contributed by atoms with Gasteiger partial charge in [-0.25, -0.2) is 0 Å². The van der Waals surface area contributed by atoms with E-state index in [-0.39, 0.29) is 5.91 Å². The van der Waals surface area contributed by atoms with Gasteiger partial charge in [-0.3, -0.25) is 9.59 Å². The molecule has 1 unspecified atom stereocenters. The minimum Gasteiger partial charge on any atom is -0.369 e. The third-order valence-electron chi connectivity index (χ3n) is 4.86. The summed E-state index contributed by atoms with van der Waals surface area (Å²) in [4.78, 5) is 23.3. The molecule has 1 aromatic carbocycles. The molecule has 22 heavy (non-hydrogen) atoms. The summed E-state index contributed by atoms with van der Waals surface area (Å²) >= 11 is 0. The Bertz CT molecular complexity index is 696. The lowest BCUT2D eigenvalue weighted by Gasteiger charge is -2.32. The molecule has 0 aliphatic heterocycles. The van der Waals surface area contributed by atoms with Crippen LogP contribution in [0.3, 0.4) is 0 Å². The van der Waals surface area contributed by atoms with Crippen LogP contribution in [0.2, 0.25) is 0 Å². The quantitative estimate of drug-likeness (QED) is 0.893. The summed E-state index contributed by atoms with van der Waals surface area (Å²) in [5.41, 5.74) is 14.2. The number of amides is 2. The standard InChI is InChI=1S/C18H20N2O2/c1-11-8-9-18(17(20)22,14-6-7-14)10-15(11)12-2-4-13(5-3-12)16(19)21/h2-5,8-9,14H,6-7,10H2,1H3,(H2,19,21)(H2,20,22). The Morgan fingerprint density at radius 1 is 1.14 bits per heavy atom. The Morgan fingerprint density at radius 2 is 1.77 bits per heavy atom. The van der Waals surface area contributed by atoms with E-state index in [1.165, 1.54) is 0 Å². The minimum absolute atomic E-state index is 0.245. The lowest BCUT2D eigenvalue weighted by atomic mass is 9.71. The van der Waals surface area contributed by atoms with Gasteiger partial charge in [-0.1, -0.05) is 24.3 Å². The van der Waals surface area contributed by atoms with Crippen molar-refractivity contribution in [1.82, 2.24) is 0 Å². The Kier molecular flexibility index (Phi) is 3.39. The first kappa shape index (κ1) is 14.6. The number of carbonyl (C=O) groups excluding carboxylic acids is 2. The molecule has 1 saturated carbocycles. The van der Waals surface area contributed by atoms with Gasteiger partial charge in [0, 0.05) is 5.56 Å². The monoisotopic (exact) mass is 296 g/mol. The van der Waals surface area contributed by atoms with Crippen LogP contribution in [-0.2, 0) is 4.79 Å².